The van der Waals surface area contributed by atoms with E-state index in [1.165, 1.54) is 14.2 Å². The second kappa shape index (κ2) is 4.32. The number of aromatic amines is 1. The number of methoxy groups -OCH3 is 3. The molecule has 0 bridgehead atoms. The monoisotopic (exact) mass is 236 g/mol. The lowest BCUT2D eigenvalue weighted by Gasteiger charge is -2.03. The molecule has 1 aromatic heterocycles. The molecule has 0 spiro atoms. The topological polar surface area (TPSA) is 73.4 Å². The summed E-state index contributed by atoms with van der Waals surface area (Å²) in [4.78, 5) is 18.6. The number of rotatable bonds is 3. The highest BCUT2D eigenvalue weighted by Gasteiger charge is 2.17. The summed E-state index contributed by atoms with van der Waals surface area (Å²) in [5.74, 6) is 0.134. The maximum atomic E-state index is 11.6. The van der Waals surface area contributed by atoms with E-state index in [0.717, 1.165) is 0 Å². The predicted octanol–water partition coefficient (Wildman–Crippen LogP) is 1.37. The summed E-state index contributed by atoms with van der Waals surface area (Å²) in [7, 11) is 4.35. The Morgan fingerprint density at radius 1 is 1.24 bits per heavy atom. The summed E-state index contributed by atoms with van der Waals surface area (Å²) >= 11 is 0. The molecule has 0 atom stereocenters. The minimum Gasteiger partial charge on any atom is -0.494 e. The number of nitrogens with zero attached hydrogens (tertiary/aromatic N) is 1. The van der Waals surface area contributed by atoms with E-state index in [0.29, 0.717) is 28.4 Å². The minimum absolute atomic E-state index is 0.314. The first-order valence-electron chi connectivity index (χ1n) is 4.90. The molecule has 0 saturated heterocycles. The molecule has 90 valence electrons. The number of imidazole rings is 1. The van der Waals surface area contributed by atoms with E-state index in [1.807, 2.05) is 0 Å². The van der Waals surface area contributed by atoms with Crippen molar-refractivity contribution in [2.45, 2.75) is 0 Å². The van der Waals surface area contributed by atoms with Crippen LogP contribution in [0.1, 0.15) is 10.4 Å². The first-order valence-corrected chi connectivity index (χ1v) is 4.90. The van der Waals surface area contributed by atoms with Crippen LogP contribution >= 0.6 is 0 Å². The van der Waals surface area contributed by atoms with Crippen LogP contribution in [0.15, 0.2) is 12.1 Å². The number of nitrogens with one attached hydrogen (secondary N) is 1. The minimum atomic E-state index is -0.452. The molecule has 0 radical (unpaired) electrons. The van der Waals surface area contributed by atoms with E-state index < -0.39 is 5.97 Å². The number of benzene rings is 1. The fourth-order valence-corrected chi connectivity index (χ4v) is 1.59. The number of hydrogen-bond acceptors (Lipinski definition) is 5. The van der Waals surface area contributed by atoms with Crippen LogP contribution in [0.5, 0.6) is 11.8 Å². The summed E-state index contributed by atoms with van der Waals surface area (Å²) in [6.07, 6.45) is 0. The third-order valence-electron chi connectivity index (χ3n) is 2.40. The van der Waals surface area contributed by atoms with Crippen LogP contribution in [0.2, 0.25) is 0 Å². The zero-order valence-electron chi connectivity index (χ0n) is 9.73. The van der Waals surface area contributed by atoms with Gasteiger partial charge in [0.25, 0.3) is 6.01 Å². The molecule has 0 aliphatic rings. The van der Waals surface area contributed by atoms with Crippen molar-refractivity contribution >= 4 is 17.0 Å². The van der Waals surface area contributed by atoms with Gasteiger partial charge in [0.05, 0.1) is 26.9 Å². The maximum absolute atomic E-state index is 11.6. The van der Waals surface area contributed by atoms with Crippen LogP contribution in [0.3, 0.4) is 0 Å². The van der Waals surface area contributed by atoms with Gasteiger partial charge in [0.1, 0.15) is 16.8 Å². The zero-order valence-corrected chi connectivity index (χ0v) is 9.73. The largest absolute Gasteiger partial charge is 0.494 e. The molecule has 0 aliphatic heterocycles. The third kappa shape index (κ3) is 1.77. The summed E-state index contributed by atoms with van der Waals surface area (Å²) in [5, 5.41) is 0. The second-order valence-electron chi connectivity index (χ2n) is 3.28. The van der Waals surface area contributed by atoms with E-state index in [4.69, 9.17) is 9.47 Å². The summed E-state index contributed by atoms with van der Waals surface area (Å²) in [6, 6.07) is 3.59. The predicted molar refractivity (Wildman–Crippen MR) is 60.5 cm³/mol. The van der Waals surface area contributed by atoms with Gasteiger partial charge in [-0.2, -0.15) is 4.98 Å². The highest BCUT2D eigenvalue weighted by molar-refractivity contribution is 6.03. The van der Waals surface area contributed by atoms with E-state index in [-0.39, 0.29) is 0 Å². The van der Waals surface area contributed by atoms with Crippen LogP contribution in [-0.4, -0.2) is 37.3 Å². The van der Waals surface area contributed by atoms with Crippen molar-refractivity contribution in [1.29, 1.82) is 0 Å². The van der Waals surface area contributed by atoms with Crippen molar-refractivity contribution in [2.75, 3.05) is 21.3 Å². The Hall–Kier alpha value is -2.24. The van der Waals surface area contributed by atoms with Gasteiger partial charge < -0.3 is 19.2 Å². The fraction of sp³-hybridized carbons (Fsp3) is 0.273. The first kappa shape index (κ1) is 11.3. The number of esters is 1. The molecular formula is C11H12N2O4. The number of aromatic nitrogens is 2. The molecule has 0 amide bonds. The Morgan fingerprint density at radius 3 is 2.59 bits per heavy atom. The van der Waals surface area contributed by atoms with E-state index >= 15 is 0 Å². The van der Waals surface area contributed by atoms with Gasteiger partial charge in [-0.05, 0) is 12.1 Å². The van der Waals surface area contributed by atoms with Gasteiger partial charge in [-0.25, -0.2) is 4.79 Å². The molecule has 1 aromatic carbocycles. The van der Waals surface area contributed by atoms with Crippen LogP contribution in [0.25, 0.3) is 11.0 Å². The third-order valence-corrected chi connectivity index (χ3v) is 2.40. The number of carbonyl (C=O) groups is 1. The molecule has 17 heavy (non-hydrogen) atoms. The molecule has 2 rings (SSSR count). The summed E-state index contributed by atoms with van der Waals surface area (Å²) in [6.45, 7) is 0. The number of fused-ring (bicyclic) bond motifs is 1. The van der Waals surface area contributed by atoms with Crippen LogP contribution < -0.4 is 9.47 Å². The summed E-state index contributed by atoms with van der Waals surface area (Å²) < 4.78 is 14.9. The molecule has 6 nitrogen and oxygen atoms in total. The van der Waals surface area contributed by atoms with Crippen LogP contribution in [0.4, 0.5) is 0 Å². The Balaban J connectivity index is 2.71. The molecule has 1 heterocycles. The molecule has 0 unspecified atom stereocenters. The van der Waals surface area contributed by atoms with Crippen molar-refractivity contribution in [1.82, 2.24) is 9.97 Å². The van der Waals surface area contributed by atoms with Gasteiger partial charge in [0.15, 0.2) is 0 Å². The Kier molecular flexibility index (Phi) is 2.86. The number of hydrogen-bond donors (Lipinski definition) is 1. The highest BCUT2D eigenvalue weighted by atomic mass is 16.5. The molecule has 0 aliphatic carbocycles. The smallest absolute Gasteiger partial charge is 0.340 e. The van der Waals surface area contributed by atoms with Crippen molar-refractivity contribution in [3.05, 3.63) is 17.7 Å². The van der Waals surface area contributed by atoms with E-state index in [9.17, 15) is 4.79 Å². The second-order valence-corrected chi connectivity index (χ2v) is 3.28. The van der Waals surface area contributed by atoms with Crippen LogP contribution in [0, 0.1) is 0 Å². The molecule has 1 N–H and O–H groups in total. The van der Waals surface area contributed by atoms with Gasteiger partial charge in [0, 0.05) is 0 Å². The van der Waals surface area contributed by atoms with Gasteiger partial charge in [-0.1, -0.05) is 0 Å². The number of carbonyl (C=O) groups excluding carboxylic acids is 1. The Labute approximate surface area is 97.5 Å². The molecule has 2 aromatic rings. The molecule has 0 fully saturated rings. The molecule has 0 saturated carbocycles. The lowest BCUT2D eigenvalue weighted by Crippen LogP contribution is -2.02. The normalized spacial score (nSPS) is 10.3. The maximum Gasteiger partial charge on any atom is 0.340 e. The Morgan fingerprint density at radius 2 is 2.00 bits per heavy atom. The van der Waals surface area contributed by atoms with Gasteiger partial charge >= 0.3 is 5.97 Å². The Bertz CT molecular complexity index is 562. The highest BCUT2D eigenvalue weighted by Crippen LogP contribution is 2.28. The van der Waals surface area contributed by atoms with E-state index in [2.05, 4.69) is 14.7 Å². The van der Waals surface area contributed by atoms with Crippen molar-refractivity contribution in [2.24, 2.45) is 0 Å². The number of H-pyrrole nitrogens is 1. The SMILES string of the molecule is COC(=O)c1ccc(OC)c2[nH]c(OC)nc12. The quantitative estimate of drug-likeness (QED) is 0.814. The van der Waals surface area contributed by atoms with Gasteiger partial charge in [-0.15, -0.1) is 0 Å². The fourth-order valence-electron chi connectivity index (χ4n) is 1.59. The van der Waals surface area contributed by atoms with Crippen molar-refractivity contribution in [3.8, 4) is 11.8 Å². The molecular weight excluding hydrogens is 224 g/mol. The van der Waals surface area contributed by atoms with Crippen molar-refractivity contribution in [3.63, 3.8) is 0 Å². The zero-order chi connectivity index (χ0) is 12.4. The average molecular weight is 236 g/mol. The van der Waals surface area contributed by atoms with Gasteiger partial charge in [0.2, 0.25) is 0 Å². The number of ether oxygens (including phenoxy) is 3. The van der Waals surface area contributed by atoms with Gasteiger partial charge in [-0.3, -0.25) is 0 Å². The standard InChI is InChI=1S/C11H12N2O4/c1-15-7-5-4-6(10(14)16-2)8-9(7)13-11(12-8)17-3/h4-5H,1-3H3,(H,12,13). The first-order chi connectivity index (χ1) is 8.21. The molecule has 6 heteroatoms. The lowest BCUT2D eigenvalue weighted by molar-refractivity contribution is 0.0603. The van der Waals surface area contributed by atoms with Crippen LogP contribution in [-0.2, 0) is 4.74 Å². The summed E-state index contributed by atoms with van der Waals surface area (Å²) in [5.41, 5.74) is 1.43. The lowest BCUT2D eigenvalue weighted by atomic mass is 10.2. The average Bonchev–Trinajstić information content (AvgIpc) is 2.80. The van der Waals surface area contributed by atoms with E-state index in [1.54, 1.807) is 19.2 Å². The van der Waals surface area contributed by atoms with Crippen molar-refractivity contribution < 1.29 is 19.0 Å².